The number of carboxylic acid groups (broad SMARTS) is 2. The number of rotatable bonds is 12. The molecule has 1 fully saturated rings. The van der Waals surface area contributed by atoms with E-state index in [2.05, 4.69) is 18.7 Å². The summed E-state index contributed by atoms with van der Waals surface area (Å²) in [6.45, 7) is 8.64. The van der Waals surface area contributed by atoms with Gasteiger partial charge in [-0.15, -0.1) is 0 Å². The van der Waals surface area contributed by atoms with E-state index >= 15 is 0 Å². The summed E-state index contributed by atoms with van der Waals surface area (Å²) in [5.41, 5.74) is 0.170. The first-order chi connectivity index (χ1) is 11.9. The van der Waals surface area contributed by atoms with E-state index in [-0.39, 0.29) is 11.1 Å². The predicted molar refractivity (Wildman–Crippen MR) is 96.7 cm³/mol. The van der Waals surface area contributed by atoms with Crippen molar-refractivity contribution in [2.45, 2.75) is 58.8 Å². The van der Waals surface area contributed by atoms with Crippen LogP contribution in [0.2, 0.25) is 0 Å². The Morgan fingerprint density at radius 1 is 0.920 bits per heavy atom. The van der Waals surface area contributed by atoms with Gasteiger partial charge in [0, 0.05) is 24.2 Å². The molecular weight excluding hydrogens is 322 g/mol. The van der Waals surface area contributed by atoms with Crippen LogP contribution < -0.4 is 0 Å². The van der Waals surface area contributed by atoms with E-state index in [4.69, 9.17) is 4.74 Å². The minimum absolute atomic E-state index is 0.0846. The van der Waals surface area contributed by atoms with E-state index in [0.29, 0.717) is 31.6 Å². The Morgan fingerprint density at radius 3 is 2.00 bits per heavy atom. The summed E-state index contributed by atoms with van der Waals surface area (Å²) < 4.78 is 5.31. The molecule has 6 nitrogen and oxygen atoms in total. The largest absolute Gasteiger partial charge is 0.478 e. The number of nitrogens with zero attached hydrogens (tertiary/aromatic N) is 1. The zero-order valence-corrected chi connectivity index (χ0v) is 15.6. The normalized spacial score (nSPS) is 16.8. The Morgan fingerprint density at radius 2 is 1.48 bits per heavy atom. The third-order valence-corrected chi connectivity index (χ3v) is 4.59. The second-order valence-corrected chi connectivity index (χ2v) is 7.12. The molecule has 0 saturated carbocycles. The van der Waals surface area contributed by atoms with E-state index in [1.807, 2.05) is 0 Å². The Bertz CT molecular complexity index is 453. The number of hydrogen-bond acceptors (Lipinski definition) is 4. The maximum atomic E-state index is 11.5. The van der Waals surface area contributed by atoms with Gasteiger partial charge in [-0.05, 0) is 44.6 Å². The zero-order valence-electron chi connectivity index (χ0n) is 15.6. The molecule has 144 valence electrons. The molecule has 0 aromatic heterocycles. The van der Waals surface area contributed by atoms with Crippen LogP contribution in [0.4, 0.5) is 0 Å². The molecule has 0 aliphatic carbocycles. The molecule has 0 radical (unpaired) electrons. The SMILES string of the molecule is CC(C)CCCC(C(=O)O)=C(CCCCCN1CCOCC1)C(=O)O. The average molecular weight is 355 g/mol. The molecule has 1 aliphatic rings. The van der Waals surface area contributed by atoms with Gasteiger partial charge >= 0.3 is 11.9 Å². The maximum Gasteiger partial charge on any atom is 0.332 e. The number of aliphatic carboxylic acids is 2. The lowest BCUT2D eigenvalue weighted by Gasteiger charge is -2.26. The average Bonchev–Trinajstić information content (AvgIpc) is 2.56. The first-order valence-electron chi connectivity index (χ1n) is 9.40. The Balaban J connectivity index is 2.45. The van der Waals surface area contributed by atoms with Crippen LogP contribution in [0.3, 0.4) is 0 Å². The van der Waals surface area contributed by atoms with Gasteiger partial charge in [0.1, 0.15) is 0 Å². The molecule has 1 heterocycles. The topological polar surface area (TPSA) is 87.1 Å². The van der Waals surface area contributed by atoms with Gasteiger partial charge in [-0.25, -0.2) is 9.59 Å². The Labute approximate surface area is 150 Å². The molecule has 1 saturated heterocycles. The highest BCUT2D eigenvalue weighted by Crippen LogP contribution is 2.21. The van der Waals surface area contributed by atoms with Gasteiger partial charge < -0.3 is 14.9 Å². The molecule has 1 rings (SSSR count). The van der Waals surface area contributed by atoms with Crippen LogP contribution in [-0.2, 0) is 14.3 Å². The van der Waals surface area contributed by atoms with Gasteiger partial charge in [0.15, 0.2) is 0 Å². The first kappa shape index (κ1) is 21.6. The van der Waals surface area contributed by atoms with Gasteiger partial charge in [0.2, 0.25) is 0 Å². The Kier molecular flexibility index (Phi) is 10.4. The second kappa shape index (κ2) is 12.0. The van der Waals surface area contributed by atoms with E-state index in [0.717, 1.165) is 52.1 Å². The van der Waals surface area contributed by atoms with Crippen LogP contribution in [-0.4, -0.2) is 59.9 Å². The maximum absolute atomic E-state index is 11.5. The van der Waals surface area contributed by atoms with Gasteiger partial charge in [-0.2, -0.15) is 0 Å². The summed E-state index contributed by atoms with van der Waals surface area (Å²) in [6, 6.07) is 0. The van der Waals surface area contributed by atoms with Crippen LogP contribution in [0.5, 0.6) is 0 Å². The van der Waals surface area contributed by atoms with Crippen molar-refractivity contribution < 1.29 is 24.5 Å². The molecule has 0 aromatic rings. The minimum atomic E-state index is -1.09. The summed E-state index contributed by atoms with van der Waals surface area (Å²) in [4.78, 5) is 25.3. The lowest BCUT2D eigenvalue weighted by Crippen LogP contribution is -2.36. The van der Waals surface area contributed by atoms with Gasteiger partial charge in [0.05, 0.1) is 13.2 Å². The van der Waals surface area contributed by atoms with Crippen molar-refractivity contribution in [2.24, 2.45) is 5.92 Å². The fraction of sp³-hybridized carbons (Fsp3) is 0.789. The third-order valence-electron chi connectivity index (χ3n) is 4.59. The molecule has 0 aromatic carbocycles. The third kappa shape index (κ3) is 9.02. The quantitative estimate of drug-likeness (QED) is 0.413. The molecule has 6 heteroatoms. The van der Waals surface area contributed by atoms with Gasteiger partial charge in [-0.1, -0.05) is 26.7 Å². The van der Waals surface area contributed by atoms with Crippen LogP contribution in [0, 0.1) is 5.92 Å². The second-order valence-electron chi connectivity index (χ2n) is 7.12. The van der Waals surface area contributed by atoms with Crippen molar-refractivity contribution in [3.63, 3.8) is 0 Å². The summed E-state index contributed by atoms with van der Waals surface area (Å²) in [6.07, 6.45) is 4.92. The van der Waals surface area contributed by atoms with Crippen LogP contribution in [0.25, 0.3) is 0 Å². The molecule has 25 heavy (non-hydrogen) atoms. The van der Waals surface area contributed by atoms with Crippen molar-refractivity contribution in [2.75, 3.05) is 32.8 Å². The monoisotopic (exact) mass is 355 g/mol. The lowest BCUT2D eigenvalue weighted by molar-refractivity contribution is -0.136. The molecule has 0 amide bonds. The zero-order chi connectivity index (χ0) is 18.7. The van der Waals surface area contributed by atoms with E-state index in [1.165, 1.54) is 0 Å². The number of carbonyl (C=O) groups is 2. The molecule has 1 aliphatic heterocycles. The van der Waals surface area contributed by atoms with Gasteiger partial charge in [0.25, 0.3) is 0 Å². The fourth-order valence-corrected chi connectivity index (χ4v) is 3.10. The smallest absolute Gasteiger partial charge is 0.332 e. The molecule has 2 N–H and O–H groups in total. The first-order valence-corrected chi connectivity index (χ1v) is 9.40. The van der Waals surface area contributed by atoms with Crippen molar-refractivity contribution in [3.05, 3.63) is 11.1 Å². The van der Waals surface area contributed by atoms with Crippen molar-refractivity contribution >= 4 is 11.9 Å². The van der Waals surface area contributed by atoms with Crippen LogP contribution in [0.15, 0.2) is 11.1 Å². The molecule has 0 atom stereocenters. The molecule has 0 spiro atoms. The summed E-state index contributed by atoms with van der Waals surface area (Å²) in [5, 5.41) is 18.8. The van der Waals surface area contributed by atoms with Crippen molar-refractivity contribution in [1.82, 2.24) is 4.90 Å². The van der Waals surface area contributed by atoms with Crippen molar-refractivity contribution in [3.8, 4) is 0 Å². The van der Waals surface area contributed by atoms with E-state index in [9.17, 15) is 19.8 Å². The number of unbranched alkanes of at least 4 members (excludes halogenated alkanes) is 2. The van der Waals surface area contributed by atoms with Crippen LogP contribution >= 0.6 is 0 Å². The summed E-state index contributed by atoms with van der Waals surface area (Å²) in [5.74, 6) is -1.69. The number of hydrogen-bond donors (Lipinski definition) is 2. The van der Waals surface area contributed by atoms with Gasteiger partial charge in [-0.3, -0.25) is 4.90 Å². The number of morpholine rings is 1. The van der Waals surface area contributed by atoms with Crippen molar-refractivity contribution in [1.29, 1.82) is 0 Å². The molecular formula is C19H33NO5. The molecule has 0 bridgehead atoms. The summed E-state index contributed by atoms with van der Waals surface area (Å²) >= 11 is 0. The van der Waals surface area contributed by atoms with E-state index in [1.54, 1.807) is 0 Å². The highest BCUT2D eigenvalue weighted by atomic mass is 16.5. The minimum Gasteiger partial charge on any atom is -0.478 e. The van der Waals surface area contributed by atoms with E-state index < -0.39 is 11.9 Å². The number of ether oxygens (including phenoxy) is 1. The number of carboxylic acids is 2. The predicted octanol–water partition coefficient (Wildman–Crippen LogP) is 3.17. The molecule has 0 unspecified atom stereocenters. The fourth-order valence-electron chi connectivity index (χ4n) is 3.10. The standard InChI is InChI=1S/C19H33NO5/c1-15(2)7-6-9-17(19(23)24)16(18(21)22)8-4-3-5-10-20-11-13-25-14-12-20/h15H,3-14H2,1-2H3,(H,21,22)(H,23,24). The highest BCUT2D eigenvalue weighted by molar-refractivity contribution is 5.98. The van der Waals surface area contributed by atoms with Crippen LogP contribution in [0.1, 0.15) is 58.8 Å². The highest BCUT2D eigenvalue weighted by Gasteiger charge is 2.19. The Hall–Kier alpha value is -1.40. The lowest BCUT2D eigenvalue weighted by atomic mass is 9.95. The summed E-state index contributed by atoms with van der Waals surface area (Å²) in [7, 11) is 0.